The van der Waals surface area contributed by atoms with Gasteiger partial charge in [0.15, 0.2) is 5.65 Å². The third kappa shape index (κ3) is 7.39. The number of imidazole rings is 1. The van der Waals surface area contributed by atoms with Crippen LogP contribution in [0.1, 0.15) is 110 Å². The fourth-order valence-corrected chi connectivity index (χ4v) is 8.39. The molecule has 12 nitrogen and oxygen atoms in total. The van der Waals surface area contributed by atoms with Crippen LogP contribution in [0.2, 0.25) is 0 Å². The summed E-state index contributed by atoms with van der Waals surface area (Å²) in [5, 5.41) is 9.60. The van der Waals surface area contributed by atoms with Gasteiger partial charge in [-0.25, -0.2) is 18.9 Å². The zero-order chi connectivity index (χ0) is 36.6. The minimum absolute atomic E-state index is 0.127. The molecule has 0 radical (unpaired) electrons. The van der Waals surface area contributed by atoms with Gasteiger partial charge in [0.25, 0.3) is 5.91 Å². The maximum Gasteiger partial charge on any atom is 0.261 e. The summed E-state index contributed by atoms with van der Waals surface area (Å²) in [6.45, 7) is 6.80. The standard InChI is InChI=1S/C40H45FN8O4/c1-24(2)53-35-19-36-44-34(23-48(36)22-31(35)40(52)45-33-20-43-49-15-3-14-42-38(33)49)27-6-4-25(5-7-27)21-47-16-12-26(13-17-47)29-9-8-28(18-32(29)41)30-10-11-37(50)46-39(30)51/h3,8-9,14-15,18-20,22-27,30H,4-7,10-13,16-17,21H2,1-2H3,(H,45,52)(H,46,50,51)/t25-,27-,30?. The summed E-state index contributed by atoms with van der Waals surface area (Å²) in [6, 6.07) is 8.84. The number of aromatic nitrogens is 5. The van der Waals surface area contributed by atoms with E-state index in [1.54, 1.807) is 35.4 Å². The third-order valence-electron chi connectivity index (χ3n) is 11.2. The molecule has 8 rings (SSSR count). The van der Waals surface area contributed by atoms with Crippen molar-refractivity contribution in [3.05, 3.63) is 89.5 Å². The SMILES string of the molecule is CC(C)Oc1cc2nc([C@H]3CC[C@H](CN4CCC(c5ccc(C6CCC(=O)NC6=O)cc5F)CC4)CC3)cn2cc1C(=O)Nc1cnn2cccnc12. The molecule has 2 N–H and O–H groups in total. The van der Waals surface area contributed by atoms with Crippen LogP contribution in [0.4, 0.5) is 10.1 Å². The Kier molecular flexibility index (Phi) is 9.67. The zero-order valence-corrected chi connectivity index (χ0v) is 30.1. The Balaban J connectivity index is 0.865. The smallest absolute Gasteiger partial charge is 0.261 e. The number of rotatable bonds is 9. The summed E-state index contributed by atoms with van der Waals surface area (Å²) in [6.07, 6.45) is 15.6. The largest absolute Gasteiger partial charge is 0.490 e. The molecular formula is C40H45FN8O4. The molecule has 5 aromatic rings. The van der Waals surface area contributed by atoms with Crippen LogP contribution < -0.4 is 15.4 Å². The number of hydrogen-bond donors (Lipinski definition) is 2. The molecule has 3 aliphatic rings. The predicted octanol–water partition coefficient (Wildman–Crippen LogP) is 6.23. The first-order valence-corrected chi connectivity index (χ1v) is 18.8. The number of carbonyl (C=O) groups is 3. The third-order valence-corrected chi connectivity index (χ3v) is 11.2. The van der Waals surface area contributed by atoms with Gasteiger partial charge >= 0.3 is 0 Å². The lowest BCUT2D eigenvalue weighted by molar-refractivity contribution is -0.134. The second-order valence-electron chi connectivity index (χ2n) is 15.1. The topological polar surface area (TPSA) is 135 Å². The van der Waals surface area contributed by atoms with Crippen LogP contribution >= 0.6 is 0 Å². The molecule has 3 amide bonds. The average Bonchev–Trinajstić information content (AvgIpc) is 3.75. The number of ether oxygens (including phenoxy) is 1. The number of piperidine rings is 2. The maximum atomic E-state index is 15.3. The number of hydrogen-bond acceptors (Lipinski definition) is 8. The van der Waals surface area contributed by atoms with Crippen LogP contribution in [0.3, 0.4) is 0 Å². The molecule has 2 aliphatic heterocycles. The van der Waals surface area contributed by atoms with Crippen molar-refractivity contribution in [1.82, 2.24) is 34.2 Å². The van der Waals surface area contributed by atoms with E-state index >= 15 is 4.39 Å². The molecule has 53 heavy (non-hydrogen) atoms. The highest BCUT2D eigenvalue weighted by Gasteiger charge is 2.31. The van der Waals surface area contributed by atoms with Crippen molar-refractivity contribution in [2.45, 2.75) is 89.1 Å². The van der Waals surface area contributed by atoms with E-state index in [4.69, 9.17) is 9.72 Å². The minimum atomic E-state index is -0.474. The quantitative estimate of drug-likeness (QED) is 0.171. The van der Waals surface area contributed by atoms with Gasteiger partial charge in [-0.3, -0.25) is 19.7 Å². The predicted molar refractivity (Wildman–Crippen MR) is 197 cm³/mol. The van der Waals surface area contributed by atoms with Crippen molar-refractivity contribution >= 4 is 34.7 Å². The lowest BCUT2D eigenvalue weighted by Crippen LogP contribution is -2.39. The fraction of sp³-hybridized carbons (Fsp3) is 0.450. The number of pyridine rings is 1. The molecule has 1 aromatic carbocycles. The lowest BCUT2D eigenvalue weighted by atomic mass is 9.80. The van der Waals surface area contributed by atoms with Crippen LogP contribution in [-0.2, 0) is 9.59 Å². The summed E-state index contributed by atoms with van der Waals surface area (Å²) >= 11 is 0. The number of carbonyl (C=O) groups excluding carboxylic acids is 3. The molecule has 0 bridgehead atoms. The number of halogens is 1. The number of likely N-dealkylation sites (tertiary alicyclic amines) is 1. The Labute approximate surface area is 307 Å². The number of benzene rings is 1. The Morgan fingerprint density at radius 1 is 1.04 bits per heavy atom. The van der Waals surface area contributed by atoms with E-state index in [9.17, 15) is 14.4 Å². The molecule has 0 spiro atoms. The van der Waals surface area contributed by atoms with Crippen molar-refractivity contribution in [2.75, 3.05) is 25.0 Å². The highest BCUT2D eigenvalue weighted by Crippen LogP contribution is 2.38. The second kappa shape index (κ2) is 14.7. The van der Waals surface area contributed by atoms with Crippen LogP contribution in [0.5, 0.6) is 5.75 Å². The van der Waals surface area contributed by atoms with Gasteiger partial charge in [0.1, 0.15) is 22.9 Å². The molecule has 6 heterocycles. The first-order chi connectivity index (χ1) is 25.7. The lowest BCUT2D eigenvalue weighted by Gasteiger charge is -2.36. The average molecular weight is 721 g/mol. The molecule has 3 fully saturated rings. The van der Waals surface area contributed by atoms with Gasteiger partial charge in [-0.1, -0.05) is 12.1 Å². The summed E-state index contributed by atoms with van der Waals surface area (Å²) in [5.74, 6) is -0.0397. The van der Waals surface area contributed by atoms with Gasteiger partial charge < -0.3 is 19.4 Å². The van der Waals surface area contributed by atoms with E-state index < -0.39 is 5.92 Å². The van der Waals surface area contributed by atoms with Crippen LogP contribution in [-0.4, -0.2) is 72.3 Å². The van der Waals surface area contributed by atoms with Crippen LogP contribution in [0.15, 0.2) is 61.3 Å². The van der Waals surface area contributed by atoms with Crippen molar-refractivity contribution in [2.24, 2.45) is 5.92 Å². The van der Waals surface area contributed by atoms with Gasteiger partial charge in [0.05, 0.1) is 29.5 Å². The first kappa shape index (κ1) is 34.9. The van der Waals surface area contributed by atoms with E-state index in [-0.39, 0.29) is 42.0 Å². The second-order valence-corrected chi connectivity index (χ2v) is 15.1. The van der Waals surface area contributed by atoms with Gasteiger partial charge in [-0.2, -0.15) is 5.10 Å². The highest BCUT2D eigenvalue weighted by molar-refractivity contribution is 6.07. The Morgan fingerprint density at radius 3 is 2.60 bits per heavy atom. The van der Waals surface area contributed by atoms with Crippen molar-refractivity contribution in [3.8, 4) is 5.75 Å². The number of nitrogens with one attached hydrogen (secondary N) is 2. The molecular weight excluding hydrogens is 675 g/mol. The summed E-state index contributed by atoms with van der Waals surface area (Å²) in [7, 11) is 0. The molecule has 1 aliphatic carbocycles. The summed E-state index contributed by atoms with van der Waals surface area (Å²) in [5.41, 5.74) is 4.64. The van der Waals surface area contributed by atoms with E-state index in [1.165, 1.54) is 6.07 Å². The van der Waals surface area contributed by atoms with E-state index in [0.29, 0.717) is 46.5 Å². The van der Waals surface area contributed by atoms with E-state index in [2.05, 4.69) is 31.8 Å². The molecule has 1 unspecified atom stereocenters. The molecule has 1 saturated carbocycles. The molecule has 1 atom stereocenters. The van der Waals surface area contributed by atoms with Crippen molar-refractivity contribution in [3.63, 3.8) is 0 Å². The number of anilines is 1. The minimum Gasteiger partial charge on any atom is -0.490 e. The molecule has 2 saturated heterocycles. The monoisotopic (exact) mass is 720 g/mol. The Bertz CT molecular complexity index is 2160. The zero-order valence-electron chi connectivity index (χ0n) is 30.1. The number of nitrogens with zero attached hydrogens (tertiary/aromatic N) is 6. The van der Waals surface area contributed by atoms with E-state index in [1.807, 2.05) is 36.4 Å². The summed E-state index contributed by atoms with van der Waals surface area (Å²) < 4.78 is 24.9. The van der Waals surface area contributed by atoms with Crippen LogP contribution in [0, 0.1) is 11.7 Å². The van der Waals surface area contributed by atoms with Crippen molar-refractivity contribution < 1.29 is 23.5 Å². The van der Waals surface area contributed by atoms with E-state index in [0.717, 1.165) is 75.1 Å². The van der Waals surface area contributed by atoms with Crippen LogP contribution in [0.25, 0.3) is 11.3 Å². The normalized spacial score (nSPS) is 21.7. The summed E-state index contributed by atoms with van der Waals surface area (Å²) in [4.78, 5) is 49.3. The molecule has 276 valence electrons. The molecule has 4 aromatic heterocycles. The molecule has 13 heteroatoms. The van der Waals surface area contributed by atoms with Gasteiger partial charge in [-0.05, 0) is 107 Å². The van der Waals surface area contributed by atoms with Crippen molar-refractivity contribution in [1.29, 1.82) is 0 Å². The van der Waals surface area contributed by atoms with Gasteiger partial charge in [-0.15, -0.1) is 0 Å². The Morgan fingerprint density at radius 2 is 1.85 bits per heavy atom. The fourth-order valence-electron chi connectivity index (χ4n) is 8.39. The van der Waals surface area contributed by atoms with Gasteiger partial charge in [0, 0.05) is 49.7 Å². The number of imide groups is 1. The van der Waals surface area contributed by atoms with Gasteiger partial charge in [0.2, 0.25) is 11.8 Å². The first-order valence-electron chi connectivity index (χ1n) is 18.8. The number of fused-ring (bicyclic) bond motifs is 2. The highest BCUT2D eigenvalue weighted by atomic mass is 19.1. The maximum absolute atomic E-state index is 15.3. The number of amides is 3. The Hall–Kier alpha value is -5.17.